The van der Waals surface area contributed by atoms with Gasteiger partial charge in [-0.05, 0) is 62.1 Å². The first-order chi connectivity index (χ1) is 17.0. The molecule has 1 aliphatic carbocycles. The molecule has 0 amide bonds. The number of anilines is 2. The average molecular weight is 513 g/mol. The summed E-state index contributed by atoms with van der Waals surface area (Å²) in [6, 6.07) is 11.4. The van der Waals surface area contributed by atoms with Crippen LogP contribution in [0.1, 0.15) is 25.7 Å². The van der Waals surface area contributed by atoms with E-state index in [0.717, 1.165) is 80.9 Å². The summed E-state index contributed by atoms with van der Waals surface area (Å²) < 4.78 is 24.8. The van der Waals surface area contributed by atoms with Crippen LogP contribution >= 0.6 is 11.6 Å². The molecule has 35 heavy (non-hydrogen) atoms. The normalized spacial score (nSPS) is 20.2. The summed E-state index contributed by atoms with van der Waals surface area (Å²) in [7, 11) is -3.11. The van der Waals surface area contributed by atoms with E-state index in [1.54, 1.807) is 24.5 Å². The second-order valence-electron chi connectivity index (χ2n) is 9.95. The summed E-state index contributed by atoms with van der Waals surface area (Å²) in [5.41, 5.74) is 2.62. The fourth-order valence-electron chi connectivity index (χ4n) is 5.15. The van der Waals surface area contributed by atoms with Gasteiger partial charge in [0.15, 0.2) is 15.7 Å². The number of hydrogen-bond donors (Lipinski definition) is 1. The second-order valence-corrected chi connectivity index (χ2v) is 12.6. The largest absolute Gasteiger partial charge is 0.371 e. The number of rotatable bonds is 7. The van der Waals surface area contributed by atoms with E-state index >= 15 is 0 Å². The van der Waals surface area contributed by atoms with Crippen LogP contribution in [0.25, 0.3) is 11.0 Å². The fraction of sp³-hybridized carbons (Fsp3) is 0.480. The summed E-state index contributed by atoms with van der Waals surface area (Å²) in [6.45, 7) is 5.25. The van der Waals surface area contributed by atoms with E-state index in [-0.39, 0.29) is 5.25 Å². The molecule has 0 atom stereocenters. The van der Waals surface area contributed by atoms with Gasteiger partial charge in [-0.1, -0.05) is 11.6 Å². The van der Waals surface area contributed by atoms with Gasteiger partial charge in [0.05, 0.1) is 15.7 Å². The van der Waals surface area contributed by atoms with Gasteiger partial charge in [-0.25, -0.2) is 23.4 Å². The topological polar surface area (TPSA) is 91.3 Å². The average Bonchev–Trinajstić information content (AvgIpc) is 3.69. The molecular weight excluding hydrogens is 484 g/mol. The van der Waals surface area contributed by atoms with E-state index in [0.29, 0.717) is 22.0 Å². The lowest BCUT2D eigenvalue weighted by atomic mass is 9.96. The Morgan fingerprint density at radius 2 is 1.71 bits per heavy atom. The number of pyridine rings is 1. The first kappa shape index (κ1) is 22.9. The van der Waals surface area contributed by atoms with Crippen LogP contribution in [0.3, 0.4) is 0 Å². The lowest BCUT2D eigenvalue weighted by Crippen LogP contribution is -2.53. The number of likely N-dealkylation sites (tertiary alicyclic amines) is 1. The number of aromatic nitrogens is 3. The molecule has 1 saturated carbocycles. The second kappa shape index (κ2) is 9.19. The summed E-state index contributed by atoms with van der Waals surface area (Å²) in [5, 5.41) is 3.84. The van der Waals surface area contributed by atoms with E-state index in [4.69, 9.17) is 11.6 Å². The first-order valence-electron chi connectivity index (χ1n) is 12.3. The van der Waals surface area contributed by atoms with Crippen LogP contribution in [-0.2, 0) is 9.84 Å². The van der Waals surface area contributed by atoms with Gasteiger partial charge in [-0.3, -0.25) is 0 Å². The molecule has 0 spiro atoms. The van der Waals surface area contributed by atoms with Crippen molar-refractivity contribution in [1.29, 1.82) is 0 Å². The molecule has 1 aromatic carbocycles. The van der Waals surface area contributed by atoms with Crippen molar-refractivity contribution in [3.63, 3.8) is 0 Å². The van der Waals surface area contributed by atoms with Crippen molar-refractivity contribution in [3.8, 4) is 0 Å². The molecule has 184 valence electrons. The van der Waals surface area contributed by atoms with Gasteiger partial charge in [0.2, 0.25) is 0 Å². The Morgan fingerprint density at radius 3 is 2.43 bits per heavy atom. The highest BCUT2D eigenvalue weighted by molar-refractivity contribution is 7.92. The van der Waals surface area contributed by atoms with Crippen LogP contribution in [0.15, 0.2) is 47.6 Å². The van der Waals surface area contributed by atoms with Crippen LogP contribution in [0.2, 0.25) is 5.15 Å². The number of benzene rings is 1. The molecule has 0 unspecified atom stereocenters. The Hall–Kier alpha value is -2.49. The van der Waals surface area contributed by atoms with Crippen molar-refractivity contribution in [2.45, 2.75) is 41.9 Å². The molecule has 2 saturated heterocycles. The third-order valence-corrected chi connectivity index (χ3v) is 9.83. The summed E-state index contributed by atoms with van der Waals surface area (Å²) >= 11 is 6.08. The van der Waals surface area contributed by atoms with Crippen molar-refractivity contribution >= 4 is 44.0 Å². The Bertz CT molecular complexity index is 1320. The Balaban J connectivity index is 0.976. The van der Waals surface area contributed by atoms with Gasteiger partial charge in [-0.15, -0.1) is 0 Å². The maximum atomic E-state index is 12.4. The molecular formula is C25H29ClN6O2S. The standard InChI is InChI=1S/C25H29ClN6O2S/c26-23-8-7-22-24(30-23)25(28-16-27-22)29-18-9-11-31(12-10-18)13-17-14-32(15-17)19-1-3-20(4-2-19)35(33,34)21-5-6-21/h1-4,7-8,16-18,21H,5-6,9-15H2,(H,27,28,29). The number of halogens is 1. The number of fused-ring (bicyclic) bond motifs is 1. The molecule has 1 N–H and O–H groups in total. The van der Waals surface area contributed by atoms with Crippen molar-refractivity contribution < 1.29 is 8.42 Å². The Kier molecular flexibility index (Phi) is 6.02. The molecule has 2 aliphatic heterocycles. The monoisotopic (exact) mass is 512 g/mol. The number of piperidine rings is 1. The number of nitrogens with one attached hydrogen (secondary N) is 1. The van der Waals surface area contributed by atoms with Crippen molar-refractivity contribution in [3.05, 3.63) is 47.9 Å². The quantitative estimate of drug-likeness (QED) is 0.480. The Morgan fingerprint density at radius 1 is 0.971 bits per heavy atom. The zero-order chi connectivity index (χ0) is 24.0. The Labute approximate surface area is 210 Å². The van der Waals surface area contributed by atoms with Gasteiger partial charge >= 0.3 is 0 Å². The highest BCUT2D eigenvalue weighted by Crippen LogP contribution is 2.35. The van der Waals surface area contributed by atoms with Gasteiger partial charge < -0.3 is 15.1 Å². The van der Waals surface area contributed by atoms with Gasteiger partial charge in [0.25, 0.3) is 0 Å². The van der Waals surface area contributed by atoms with Gasteiger partial charge in [0.1, 0.15) is 17.0 Å². The fourth-order valence-corrected chi connectivity index (χ4v) is 6.96. The zero-order valence-corrected chi connectivity index (χ0v) is 21.0. The molecule has 3 aliphatic rings. The van der Waals surface area contributed by atoms with Crippen molar-refractivity contribution in [2.75, 3.05) is 42.9 Å². The van der Waals surface area contributed by atoms with E-state index in [2.05, 4.69) is 30.1 Å². The lowest BCUT2D eigenvalue weighted by Gasteiger charge is -2.44. The van der Waals surface area contributed by atoms with E-state index in [9.17, 15) is 8.42 Å². The molecule has 10 heteroatoms. The van der Waals surface area contributed by atoms with Crippen LogP contribution in [0.5, 0.6) is 0 Å². The van der Waals surface area contributed by atoms with Gasteiger partial charge in [-0.2, -0.15) is 0 Å². The zero-order valence-electron chi connectivity index (χ0n) is 19.5. The van der Waals surface area contributed by atoms with Crippen LogP contribution in [-0.4, -0.2) is 72.3 Å². The number of nitrogens with zero attached hydrogens (tertiary/aromatic N) is 5. The molecule has 3 aromatic rings. The predicted molar refractivity (Wildman–Crippen MR) is 138 cm³/mol. The molecule has 0 bridgehead atoms. The van der Waals surface area contributed by atoms with Crippen LogP contribution < -0.4 is 10.2 Å². The van der Waals surface area contributed by atoms with Crippen LogP contribution in [0.4, 0.5) is 11.5 Å². The lowest BCUT2D eigenvalue weighted by molar-refractivity contribution is 0.174. The minimum atomic E-state index is -3.11. The van der Waals surface area contributed by atoms with Crippen molar-refractivity contribution in [1.82, 2.24) is 19.9 Å². The molecule has 3 fully saturated rings. The summed E-state index contributed by atoms with van der Waals surface area (Å²) in [5.74, 6) is 1.40. The summed E-state index contributed by atoms with van der Waals surface area (Å²) in [6.07, 6.45) is 5.28. The maximum Gasteiger partial charge on any atom is 0.181 e. The number of hydrogen-bond acceptors (Lipinski definition) is 8. The maximum absolute atomic E-state index is 12.4. The molecule has 0 radical (unpaired) electrons. The van der Waals surface area contributed by atoms with Gasteiger partial charge in [0, 0.05) is 50.4 Å². The third kappa shape index (κ3) is 4.81. The first-order valence-corrected chi connectivity index (χ1v) is 14.2. The third-order valence-electron chi connectivity index (χ3n) is 7.34. The highest BCUT2D eigenvalue weighted by atomic mass is 35.5. The van der Waals surface area contributed by atoms with Crippen molar-refractivity contribution in [2.24, 2.45) is 5.92 Å². The molecule has 8 nitrogen and oxygen atoms in total. The van der Waals surface area contributed by atoms with E-state index in [1.807, 2.05) is 18.2 Å². The highest BCUT2D eigenvalue weighted by Gasteiger charge is 2.37. The summed E-state index contributed by atoms with van der Waals surface area (Å²) in [4.78, 5) is 18.4. The number of sulfone groups is 1. The smallest absolute Gasteiger partial charge is 0.181 e. The minimum absolute atomic E-state index is 0.156. The van der Waals surface area contributed by atoms with E-state index < -0.39 is 9.84 Å². The predicted octanol–water partition coefficient (Wildman–Crippen LogP) is 3.63. The SMILES string of the molecule is O=S(=O)(c1ccc(N2CC(CN3CCC(Nc4ncnc5ccc(Cl)nc45)CC3)C2)cc1)C1CC1. The van der Waals surface area contributed by atoms with Crippen LogP contribution in [0, 0.1) is 5.92 Å². The molecule has 4 heterocycles. The van der Waals surface area contributed by atoms with E-state index in [1.165, 1.54) is 0 Å². The minimum Gasteiger partial charge on any atom is -0.371 e. The molecule has 2 aromatic heterocycles. The molecule has 6 rings (SSSR count).